The van der Waals surface area contributed by atoms with E-state index in [-0.39, 0.29) is 13.0 Å². The second kappa shape index (κ2) is 6.17. The Hall–Kier alpha value is -2.12. The minimum Gasteiger partial charge on any atom is -0.465 e. The normalized spacial score (nSPS) is 22.9. The fourth-order valence-electron chi connectivity index (χ4n) is 3.03. The molecule has 2 rings (SSSR count). The summed E-state index contributed by atoms with van der Waals surface area (Å²) in [5.41, 5.74) is -1.63. The highest BCUT2D eigenvalue weighted by Gasteiger charge is 2.60. The molecule has 0 saturated carbocycles. The number of carboxylic acid groups (broad SMARTS) is 1. The summed E-state index contributed by atoms with van der Waals surface area (Å²) in [6, 6.07) is 9.27. The number of ether oxygens (including phenoxy) is 1. The van der Waals surface area contributed by atoms with Crippen molar-refractivity contribution in [1.29, 1.82) is 0 Å². The van der Waals surface area contributed by atoms with E-state index in [1.807, 2.05) is 30.3 Å². The Bertz CT molecular complexity index is 589. The van der Waals surface area contributed by atoms with Gasteiger partial charge in [0.25, 0.3) is 5.91 Å². The summed E-state index contributed by atoms with van der Waals surface area (Å²) in [5.74, 6) is -0.461. The lowest BCUT2D eigenvalue weighted by molar-refractivity contribution is -0.180. The van der Waals surface area contributed by atoms with E-state index in [2.05, 4.69) is 0 Å². The third-order valence-corrected chi connectivity index (χ3v) is 4.12. The highest BCUT2D eigenvalue weighted by Crippen LogP contribution is 2.38. The molecular weight excluding hydrogens is 300 g/mol. The molecule has 23 heavy (non-hydrogen) atoms. The van der Waals surface area contributed by atoms with Crippen LogP contribution in [0.2, 0.25) is 0 Å². The SMILES string of the molecule is CON(C)C(=O)[C@@]1(Cc2ccccc2)COC(C)(C)N1C(=O)O. The summed E-state index contributed by atoms with van der Waals surface area (Å²) in [4.78, 5) is 30.9. The predicted octanol–water partition coefficient (Wildman–Crippen LogP) is 1.73. The van der Waals surface area contributed by atoms with Gasteiger partial charge >= 0.3 is 6.09 Å². The molecule has 7 nitrogen and oxygen atoms in total. The van der Waals surface area contributed by atoms with E-state index in [0.29, 0.717) is 0 Å². The molecule has 1 N–H and O–H groups in total. The number of amides is 2. The molecule has 2 amide bonds. The average Bonchev–Trinajstić information content (AvgIpc) is 2.78. The van der Waals surface area contributed by atoms with E-state index >= 15 is 0 Å². The summed E-state index contributed by atoms with van der Waals surface area (Å²) in [6.07, 6.45) is -1.00. The van der Waals surface area contributed by atoms with E-state index < -0.39 is 23.3 Å². The van der Waals surface area contributed by atoms with E-state index in [1.54, 1.807) is 13.8 Å². The van der Waals surface area contributed by atoms with E-state index in [0.717, 1.165) is 15.5 Å². The molecule has 0 spiro atoms. The molecule has 126 valence electrons. The van der Waals surface area contributed by atoms with Gasteiger partial charge in [0.15, 0.2) is 5.54 Å². The van der Waals surface area contributed by atoms with Crippen molar-refractivity contribution >= 4 is 12.0 Å². The third-order valence-electron chi connectivity index (χ3n) is 4.12. The standard InChI is InChI=1S/C16H22N2O5/c1-15(2)18(14(20)21)16(11-23-15,13(19)17(3)22-4)10-12-8-6-5-7-9-12/h5-9H,10-11H2,1-4H3,(H,20,21)/t16-/m1/s1. The number of hydroxylamine groups is 2. The van der Waals surface area contributed by atoms with Gasteiger partial charge in [-0.25, -0.2) is 9.86 Å². The van der Waals surface area contributed by atoms with Gasteiger partial charge in [0.1, 0.15) is 5.72 Å². The lowest BCUT2D eigenvalue weighted by atomic mass is 9.88. The highest BCUT2D eigenvalue weighted by molar-refractivity contribution is 5.90. The van der Waals surface area contributed by atoms with Crippen molar-refractivity contribution in [1.82, 2.24) is 9.96 Å². The number of nitrogens with zero attached hydrogens (tertiary/aromatic N) is 2. The van der Waals surface area contributed by atoms with E-state index in [9.17, 15) is 14.7 Å². The van der Waals surface area contributed by atoms with Crippen LogP contribution in [0.3, 0.4) is 0 Å². The maximum atomic E-state index is 12.9. The van der Waals surface area contributed by atoms with Crippen LogP contribution in [0.15, 0.2) is 30.3 Å². The molecule has 0 aromatic heterocycles. The molecule has 0 bridgehead atoms. The smallest absolute Gasteiger partial charge is 0.410 e. The summed E-state index contributed by atoms with van der Waals surface area (Å²) >= 11 is 0. The van der Waals surface area contributed by atoms with E-state index in [1.165, 1.54) is 14.2 Å². The lowest BCUT2D eigenvalue weighted by Gasteiger charge is -2.40. The maximum Gasteiger partial charge on any atom is 0.410 e. The monoisotopic (exact) mass is 322 g/mol. The topological polar surface area (TPSA) is 79.3 Å². The predicted molar refractivity (Wildman–Crippen MR) is 82.6 cm³/mol. The molecule has 0 unspecified atom stereocenters. The van der Waals surface area contributed by atoms with Crippen molar-refractivity contribution in [2.75, 3.05) is 20.8 Å². The van der Waals surface area contributed by atoms with Crippen molar-refractivity contribution in [2.45, 2.75) is 31.5 Å². The maximum absolute atomic E-state index is 12.9. The molecule has 1 aliphatic heterocycles. The van der Waals surface area contributed by atoms with Crippen LogP contribution in [-0.2, 0) is 20.8 Å². The van der Waals surface area contributed by atoms with Crippen LogP contribution in [-0.4, -0.2) is 59.1 Å². The Labute approximate surface area is 135 Å². The van der Waals surface area contributed by atoms with Gasteiger partial charge in [-0.2, -0.15) is 0 Å². The number of rotatable bonds is 4. The van der Waals surface area contributed by atoms with E-state index in [4.69, 9.17) is 9.57 Å². The molecular formula is C16H22N2O5. The molecule has 0 aliphatic carbocycles. The Morgan fingerprint density at radius 2 is 1.96 bits per heavy atom. The van der Waals surface area contributed by atoms with Gasteiger partial charge in [0.2, 0.25) is 0 Å². The quantitative estimate of drug-likeness (QED) is 0.854. The van der Waals surface area contributed by atoms with Crippen molar-refractivity contribution in [2.24, 2.45) is 0 Å². The molecule has 1 aromatic carbocycles. The van der Waals surface area contributed by atoms with Gasteiger partial charge in [-0.1, -0.05) is 30.3 Å². The fraction of sp³-hybridized carbons (Fsp3) is 0.500. The zero-order valence-corrected chi connectivity index (χ0v) is 13.8. The summed E-state index contributed by atoms with van der Waals surface area (Å²) in [5, 5.41) is 10.7. The highest BCUT2D eigenvalue weighted by atomic mass is 16.7. The Morgan fingerprint density at radius 1 is 1.35 bits per heavy atom. The van der Waals surface area contributed by atoms with Crippen molar-refractivity contribution in [3.63, 3.8) is 0 Å². The van der Waals surface area contributed by atoms with Gasteiger partial charge in [0.05, 0.1) is 13.7 Å². The van der Waals surface area contributed by atoms with Crippen LogP contribution < -0.4 is 0 Å². The number of hydrogen-bond acceptors (Lipinski definition) is 4. The molecule has 0 radical (unpaired) electrons. The molecule has 1 aliphatic rings. The van der Waals surface area contributed by atoms with Gasteiger partial charge in [0, 0.05) is 13.5 Å². The molecule has 1 atom stereocenters. The number of carbonyl (C=O) groups excluding carboxylic acids is 1. The summed E-state index contributed by atoms with van der Waals surface area (Å²) in [7, 11) is 2.82. The summed E-state index contributed by atoms with van der Waals surface area (Å²) < 4.78 is 5.66. The van der Waals surface area contributed by atoms with Crippen LogP contribution in [0.1, 0.15) is 19.4 Å². The number of carbonyl (C=O) groups is 2. The second-order valence-corrected chi connectivity index (χ2v) is 6.03. The number of hydrogen-bond donors (Lipinski definition) is 1. The minimum atomic E-state index is -1.37. The molecule has 7 heteroatoms. The number of likely N-dealkylation sites (N-methyl/N-ethyl adjacent to an activating group) is 1. The van der Waals surface area contributed by atoms with Crippen LogP contribution >= 0.6 is 0 Å². The van der Waals surface area contributed by atoms with Gasteiger partial charge in [-0.3, -0.25) is 14.5 Å². The first-order valence-electron chi connectivity index (χ1n) is 7.28. The summed E-state index contributed by atoms with van der Waals surface area (Å²) in [6.45, 7) is 3.23. The Morgan fingerprint density at radius 3 is 2.48 bits per heavy atom. The van der Waals surface area contributed by atoms with Crippen molar-refractivity contribution in [3.05, 3.63) is 35.9 Å². The van der Waals surface area contributed by atoms with Crippen LogP contribution in [0, 0.1) is 0 Å². The largest absolute Gasteiger partial charge is 0.465 e. The van der Waals surface area contributed by atoms with Gasteiger partial charge < -0.3 is 9.84 Å². The van der Waals surface area contributed by atoms with Gasteiger partial charge in [-0.05, 0) is 19.4 Å². The zero-order chi connectivity index (χ0) is 17.3. The lowest BCUT2D eigenvalue weighted by Crippen LogP contribution is -2.63. The van der Waals surface area contributed by atoms with Crippen LogP contribution in [0.4, 0.5) is 4.79 Å². The second-order valence-electron chi connectivity index (χ2n) is 6.03. The number of benzene rings is 1. The fourth-order valence-corrected chi connectivity index (χ4v) is 3.03. The molecule has 1 heterocycles. The molecule has 1 saturated heterocycles. The minimum absolute atomic E-state index is 0.0340. The third kappa shape index (κ3) is 3.02. The first-order valence-corrected chi connectivity index (χ1v) is 7.28. The van der Waals surface area contributed by atoms with Gasteiger partial charge in [-0.15, -0.1) is 0 Å². The Kier molecular flexibility index (Phi) is 4.63. The van der Waals surface area contributed by atoms with Crippen molar-refractivity contribution < 1.29 is 24.3 Å². The first-order chi connectivity index (χ1) is 10.7. The van der Waals surface area contributed by atoms with Crippen molar-refractivity contribution in [3.8, 4) is 0 Å². The molecule has 1 fully saturated rings. The first kappa shape index (κ1) is 17.2. The van der Waals surface area contributed by atoms with Crippen LogP contribution in [0.5, 0.6) is 0 Å². The average molecular weight is 322 g/mol. The molecule has 1 aromatic rings. The Balaban J connectivity index is 2.51. The zero-order valence-electron chi connectivity index (χ0n) is 13.8. The van der Waals surface area contributed by atoms with Crippen LogP contribution in [0.25, 0.3) is 0 Å².